The first kappa shape index (κ1) is 10.5. The Hall–Kier alpha value is -0.613. The average molecular weight is 198 g/mol. The van der Waals surface area contributed by atoms with E-state index in [0.717, 1.165) is 19.4 Å². The molecule has 0 atom stereocenters. The van der Waals surface area contributed by atoms with Crippen LogP contribution in [0.2, 0.25) is 19.6 Å². The fourth-order valence-corrected chi connectivity index (χ4v) is 1.73. The molecule has 1 aromatic heterocycles. The number of hydrogen-bond donors (Lipinski definition) is 0. The van der Waals surface area contributed by atoms with Crippen LogP contribution in [0.3, 0.4) is 0 Å². The third kappa shape index (κ3) is 4.85. The van der Waals surface area contributed by atoms with Gasteiger partial charge in [-0.2, -0.15) is 5.10 Å². The summed E-state index contributed by atoms with van der Waals surface area (Å²) in [5.41, 5.74) is 0. The van der Waals surface area contributed by atoms with Crippen molar-refractivity contribution in [2.45, 2.75) is 26.2 Å². The van der Waals surface area contributed by atoms with E-state index in [4.69, 9.17) is 4.74 Å². The Kier molecular flexibility index (Phi) is 3.68. The number of hydrogen-bond acceptors (Lipinski definition) is 2. The molecule has 0 fully saturated rings. The predicted octanol–water partition coefficient (Wildman–Crippen LogP) is 1.78. The van der Waals surface area contributed by atoms with Crippen molar-refractivity contribution in [3.05, 3.63) is 18.5 Å². The third-order valence-electron chi connectivity index (χ3n) is 1.56. The largest absolute Gasteiger partial charge is 0.383 e. The molecule has 0 aliphatic heterocycles. The number of rotatable bonds is 5. The van der Waals surface area contributed by atoms with Gasteiger partial charge in [0.15, 0.2) is 0 Å². The van der Waals surface area contributed by atoms with Gasteiger partial charge in [-0.1, -0.05) is 19.6 Å². The van der Waals surface area contributed by atoms with Gasteiger partial charge in [-0.15, -0.1) is 0 Å². The molecule has 1 heterocycles. The van der Waals surface area contributed by atoms with Crippen LogP contribution in [-0.4, -0.2) is 30.7 Å². The minimum atomic E-state index is -1.03. The molecule has 0 saturated heterocycles. The van der Waals surface area contributed by atoms with Crippen molar-refractivity contribution in [1.29, 1.82) is 0 Å². The second-order valence-electron chi connectivity index (χ2n) is 4.38. The van der Waals surface area contributed by atoms with Crippen molar-refractivity contribution in [1.82, 2.24) is 9.78 Å². The average Bonchev–Trinajstić information content (AvgIpc) is 2.48. The SMILES string of the molecule is C[Si](C)(C)COCCn1cccn1. The first-order valence-electron chi connectivity index (χ1n) is 4.63. The summed E-state index contributed by atoms with van der Waals surface area (Å²) in [5, 5.41) is 4.10. The van der Waals surface area contributed by atoms with Gasteiger partial charge in [-0.3, -0.25) is 4.68 Å². The minimum absolute atomic E-state index is 0.770. The molecular weight excluding hydrogens is 180 g/mol. The molecule has 74 valence electrons. The maximum Gasteiger partial charge on any atom is 0.0746 e. The van der Waals surface area contributed by atoms with Crippen LogP contribution in [0.4, 0.5) is 0 Å². The summed E-state index contributed by atoms with van der Waals surface area (Å²) in [4.78, 5) is 0. The summed E-state index contributed by atoms with van der Waals surface area (Å²) in [6, 6.07) is 1.93. The first-order chi connectivity index (χ1) is 6.08. The summed E-state index contributed by atoms with van der Waals surface area (Å²) in [7, 11) is -1.03. The molecule has 0 saturated carbocycles. The van der Waals surface area contributed by atoms with Crippen molar-refractivity contribution >= 4 is 8.07 Å². The monoisotopic (exact) mass is 198 g/mol. The number of aromatic nitrogens is 2. The lowest BCUT2D eigenvalue weighted by Gasteiger charge is -2.15. The van der Waals surface area contributed by atoms with Crippen molar-refractivity contribution < 1.29 is 4.74 Å². The van der Waals surface area contributed by atoms with E-state index in [-0.39, 0.29) is 0 Å². The van der Waals surface area contributed by atoms with Gasteiger partial charge in [0, 0.05) is 18.6 Å². The van der Waals surface area contributed by atoms with Crippen molar-refractivity contribution in [2.75, 3.05) is 12.8 Å². The van der Waals surface area contributed by atoms with Gasteiger partial charge in [-0.25, -0.2) is 0 Å². The second-order valence-corrected chi connectivity index (χ2v) is 9.79. The molecule has 0 radical (unpaired) electrons. The smallest absolute Gasteiger partial charge is 0.0746 e. The molecule has 3 nitrogen and oxygen atoms in total. The van der Waals surface area contributed by atoms with Gasteiger partial charge in [-0.05, 0) is 6.07 Å². The number of ether oxygens (including phenoxy) is 1. The lowest BCUT2D eigenvalue weighted by Crippen LogP contribution is -2.28. The van der Waals surface area contributed by atoms with Gasteiger partial charge < -0.3 is 4.74 Å². The molecule has 0 aliphatic rings. The molecule has 0 bridgehead atoms. The first-order valence-corrected chi connectivity index (χ1v) is 8.34. The molecule has 13 heavy (non-hydrogen) atoms. The maximum absolute atomic E-state index is 5.57. The normalized spacial score (nSPS) is 11.9. The van der Waals surface area contributed by atoms with Gasteiger partial charge >= 0.3 is 0 Å². The van der Waals surface area contributed by atoms with Crippen LogP contribution in [0.15, 0.2) is 18.5 Å². The molecule has 1 rings (SSSR count). The lowest BCUT2D eigenvalue weighted by molar-refractivity contribution is 0.160. The second kappa shape index (κ2) is 4.57. The Morgan fingerprint density at radius 3 is 2.69 bits per heavy atom. The standard InChI is InChI=1S/C9H18N2OSi/c1-13(2,3)9-12-8-7-11-6-4-5-10-11/h4-6H,7-9H2,1-3H3. The highest BCUT2D eigenvalue weighted by Gasteiger charge is 2.12. The molecule has 0 unspecified atom stereocenters. The molecular formula is C9H18N2OSi. The Bertz CT molecular complexity index is 228. The van der Waals surface area contributed by atoms with Crippen LogP contribution in [0, 0.1) is 0 Å². The van der Waals surface area contributed by atoms with E-state index in [1.165, 1.54) is 0 Å². The molecule has 4 heteroatoms. The molecule has 0 amide bonds. The van der Waals surface area contributed by atoms with Crippen LogP contribution in [0.5, 0.6) is 0 Å². The third-order valence-corrected chi connectivity index (χ3v) is 2.63. The van der Waals surface area contributed by atoms with Crippen molar-refractivity contribution in [2.24, 2.45) is 0 Å². The van der Waals surface area contributed by atoms with E-state index in [0.29, 0.717) is 0 Å². The number of nitrogens with zero attached hydrogens (tertiary/aromatic N) is 2. The fourth-order valence-electron chi connectivity index (χ4n) is 0.969. The highest BCUT2D eigenvalue weighted by atomic mass is 28.3. The fraction of sp³-hybridized carbons (Fsp3) is 0.667. The Balaban J connectivity index is 2.09. The molecule has 0 aromatic carbocycles. The Morgan fingerprint density at radius 2 is 2.15 bits per heavy atom. The van der Waals surface area contributed by atoms with E-state index in [1.807, 2.05) is 16.9 Å². The van der Waals surface area contributed by atoms with E-state index in [1.54, 1.807) is 6.20 Å². The summed E-state index contributed by atoms with van der Waals surface area (Å²) >= 11 is 0. The van der Waals surface area contributed by atoms with Crippen LogP contribution in [-0.2, 0) is 11.3 Å². The Morgan fingerprint density at radius 1 is 1.38 bits per heavy atom. The zero-order chi connectivity index (χ0) is 9.73. The van der Waals surface area contributed by atoms with Crippen LogP contribution >= 0.6 is 0 Å². The zero-order valence-corrected chi connectivity index (χ0v) is 9.66. The highest BCUT2D eigenvalue weighted by molar-refractivity contribution is 6.76. The molecule has 1 aromatic rings. The predicted molar refractivity (Wildman–Crippen MR) is 56.4 cm³/mol. The van der Waals surface area contributed by atoms with E-state index in [2.05, 4.69) is 24.7 Å². The maximum atomic E-state index is 5.57. The Labute approximate surface area is 80.7 Å². The van der Waals surface area contributed by atoms with Crippen LogP contribution < -0.4 is 0 Å². The van der Waals surface area contributed by atoms with E-state index < -0.39 is 8.07 Å². The summed E-state index contributed by atoms with van der Waals surface area (Å²) in [6.45, 7) is 8.55. The van der Waals surface area contributed by atoms with Gasteiger partial charge in [0.2, 0.25) is 0 Å². The zero-order valence-electron chi connectivity index (χ0n) is 8.66. The van der Waals surface area contributed by atoms with E-state index >= 15 is 0 Å². The quantitative estimate of drug-likeness (QED) is 0.532. The minimum Gasteiger partial charge on any atom is -0.383 e. The highest BCUT2D eigenvalue weighted by Crippen LogP contribution is 2.00. The van der Waals surface area contributed by atoms with Crippen molar-refractivity contribution in [3.8, 4) is 0 Å². The molecule has 0 spiro atoms. The van der Waals surface area contributed by atoms with Crippen molar-refractivity contribution in [3.63, 3.8) is 0 Å². The summed E-state index contributed by atoms with van der Waals surface area (Å²) in [5.74, 6) is 0. The summed E-state index contributed by atoms with van der Waals surface area (Å²) in [6.07, 6.45) is 4.69. The van der Waals surface area contributed by atoms with E-state index in [9.17, 15) is 0 Å². The van der Waals surface area contributed by atoms with Gasteiger partial charge in [0.25, 0.3) is 0 Å². The van der Waals surface area contributed by atoms with Gasteiger partial charge in [0.05, 0.1) is 21.2 Å². The lowest BCUT2D eigenvalue weighted by atomic mass is 10.7. The molecule has 0 N–H and O–H groups in total. The molecule has 0 aliphatic carbocycles. The van der Waals surface area contributed by atoms with Crippen LogP contribution in [0.25, 0.3) is 0 Å². The summed E-state index contributed by atoms with van der Waals surface area (Å²) < 4.78 is 7.47. The topological polar surface area (TPSA) is 27.1 Å². The van der Waals surface area contributed by atoms with Gasteiger partial charge in [0.1, 0.15) is 0 Å². The van der Waals surface area contributed by atoms with Crippen LogP contribution in [0.1, 0.15) is 0 Å².